The number of amides is 3. The van der Waals surface area contributed by atoms with Crippen LogP contribution in [0.1, 0.15) is 266 Å². The number of carboxylic acid groups (broad SMARTS) is 1. The molecule has 635 valence electrons. The Labute approximate surface area is 691 Å². The van der Waals surface area contributed by atoms with Gasteiger partial charge in [-0.15, -0.1) is 0 Å². The van der Waals surface area contributed by atoms with E-state index in [1.54, 1.807) is 65.1 Å². The number of thiol groups is 1. The van der Waals surface area contributed by atoms with Crippen LogP contribution in [0.4, 0.5) is 14.4 Å². The zero-order valence-corrected chi connectivity index (χ0v) is 74.9. The number of hydrogen-bond donors (Lipinski definition) is 5. The first-order chi connectivity index (χ1) is 52.7. The number of aromatic carboxylic acids is 1. The summed E-state index contributed by atoms with van der Waals surface area (Å²) in [6.07, 6.45) is 17.1. The molecule has 6 aliphatic carbocycles. The zero-order valence-electron chi connectivity index (χ0n) is 69.2. The van der Waals surface area contributed by atoms with Gasteiger partial charge in [0, 0.05) is 141 Å². The summed E-state index contributed by atoms with van der Waals surface area (Å²) in [5.41, 5.74) is 9.62. The molecule has 6 aromatic heterocycles. The summed E-state index contributed by atoms with van der Waals surface area (Å²) >= 11 is 6.81. The number of aryl methyl sites for hydroxylation is 6. The number of nitrogens with one attached hydrogen (secondary N) is 1. The van der Waals surface area contributed by atoms with Crippen LogP contribution in [0.25, 0.3) is 0 Å². The molecule has 0 atom stereocenters. The van der Waals surface area contributed by atoms with E-state index in [9.17, 15) is 32.4 Å². The number of carbonyl (C=O) groups is 5. The van der Waals surface area contributed by atoms with E-state index in [2.05, 4.69) is 109 Å². The maximum absolute atomic E-state index is 12.0. The van der Waals surface area contributed by atoms with Crippen molar-refractivity contribution in [1.82, 2.24) is 73.8 Å². The van der Waals surface area contributed by atoms with Gasteiger partial charge < -0.3 is 54.1 Å². The number of aliphatic hydroxyl groups excluding tert-OH is 2. The number of rotatable bonds is 16. The van der Waals surface area contributed by atoms with Gasteiger partial charge >= 0.3 is 55.0 Å². The number of alkyl carbamates (subject to hydrolysis) is 1. The third-order valence-electron chi connectivity index (χ3n) is 16.7. The van der Waals surface area contributed by atoms with Gasteiger partial charge in [0.05, 0.1) is 94.5 Å². The fraction of sp³-hybridized carbons (Fsp3) is 0.685. The van der Waals surface area contributed by atoms with Gasteiger partial charge in [-0.2, -0.15) is 39.0 Å². The number of aromatic nitrogens is 12. The van der Waals surface area contributed by atoms with Gasteiger partial charge in [-0.1, -0.05) is 0 Å². The molecule has 3 amide bonds. The Morgan fingerprint density at radius 3 is 1.26 bits per heavy atom. The van der Waals surface area contributed by atoms with Crippen molar-refractivity contribution in [3.05, 3.63) is 103 Å². The minimum absolute atomic E-state index is 0.0645. The molecule has 0 unspecified atom stereocenters. The Bertz CT molecular complexity index is 4110. The van der Waals surface area contributed by atoms with E-state index in [0.717, 1.165) is 101 Å². The van der Waals surface area contributed by atoms with Crippen LogP contribution in [-0.4, -0.2) is 206 Å². The monoisotopic (exact) mass is 1750 g/mol. The first-order valence-corrected chi connectivity index (χ1v) is 42.8. The average molecular weight is 1750 g/mol. The molecule has 13 rings (SSSR count). The van der Waals surface area contributed by atoms with Crippen LogP contribution in [0, 0.1) is 0 Å². The van der Waals surface area contributed by atoms with E-state index in [1.807, 2.05) is 111 Å². The number of ether oxygens (including phenoxy) is 5. The van der Waals surface area contributed by atoms with Gasteiger partial charge in [-0.3, -0.25) is 32.3 Å². The summed E-state index contributed by atoms with van der Waals surface area (Å²) in [5.74, 6) is 2.33. The minimum atomic E-state index is -3.38. The van der Waals surface area contributed by atoms with Crippen molar-refractivity contribution >= 4 is 107 Å². The van der Waals surface area contributed by atoms with Crippen molar-refractivity contribution in [3.63, 3.8) is 0 Å². The summed E-state index contributed by atoms with van der Waals surface area (Å²) < 4.78 is 74.4. The van der Waals surface area contributed by atoms with Crippen LogP contribution >= 0.6 is 50.1 Å². The van der Waals surface area contributed by atoms with Crippen molar-refractivity contribution in [2.45, 2.75) is 231 Å². The van der Waals surface area contributed by atoms with Crippen molar-refractivity contribution < 1.29 is 79.8 Å². The Kier molecular flexibility index (Phi) is 42.2. The van der Waals surface area contributed by atoms with Gasteiger partial charge in [0.1, 0.15) is 34.8 Å². The molecule has 33 nitrogen and oxygen atoms in total. The predicted molar refractivity (Wildman–Crippen MR) is 439 cm³/mol. The number of nitrogens with zero attached hydrogens (tertiary/aromatic N) is 15. The Morgan fingerprint density at radius 1 is 0.611 bits per heavy atom. The van der Waals surface area contributed by atoms with Gasteiger partial charge in [-0.25, -0.2) is 28.2 Å². The second kappa shape index (κ2) is 47.4. The van der Waals surface area contributed by atoms with E-state index in [1.165, 1.54) is 95.9 Å². The summed E-state index contributed by atoms with van der Waals surface area (Å²) in [7, 11) is 26.7. The predicted octanol–water partition coefficient (Wildman–Crippen LogP) is 12.5. The molecule has 4 N–H and O–H groups in total. The molecule has 40 heteroatoms. The molecule has 1 radical (unpaired) electrons. The molecule has 6 aromatic rings. The third-order valence-corrected chi connectivity index (χ3v) is 18.1. The Hall–Kier alpha value is -6.78. The van der Waals surface area contributed by atoms with Crippen molar-refractivity contribution in [2.75, 3.05) is 54.8 Å². The van der Waals surface area contributed by atoms with Gasteiger partial charge in [0.15, 0.2) is 0 Å². The number of carboxylic acids is 1. The molecular weight excluding hydrogens is 1630 g/mol. The first kappa shape index (κ1) is 100. The van der Waals surface area contributed by atoms with Gasteiger partial charge in [0.25, 0.3) is 10.1 Å². The molecule has 0 bridgehead atoms. The van der Waals surface area contributed by atoms with Crippen LogP contribution in [0.2, 0.25) is 0 Å². The Morgan fingerprint density at radius 2 is 0.947 bits per heavy atom. The molecular formula is C73H119BBrCl2N16O17S3. The molecule has 1 saturated heterocycles. The van der Waals surface area contributed by atoms with Crippen LogP contribution in [-0.2, 0) is 116 Å². The topological polar surface area (TPSA) is 390 Å². The van der Waals surface area contributed by atoms with E-state index in [0.29, 0.717) is 54.3 Å². The maximum atomic E-state index is 12.0. The van der Waals surface area contributed by atoms with Gasteiger partial charge in [-0.05, 0) is 198 Å². The van der Waals surface area contributed by atoms with E-state index in [-0.39, 0.29) is 48.8 Å². The Balaban J connectivity index is 0.000000335. The number of hydrogen-bond acceptors (Lipinski definition) is 24. The van der Waals surface area contributed by atoms with Crippen LogP contribution in [0.3, 0.4) is 0 Å². The summed E-state index contributed by atoms with van der Waals surface area (Å²) in [5, 5.41) is 53.0. The van der Waals surface area contributed by atoms with E-state index in [4.69, 9.17) is 42.7 Å². The standard InChI is InChI=1S/C14H22BrN3O2.C14H23N3O2.C9H14N2O3S.C9H12N2O2.C8H10N2O2.C8H12N2O.C6H13NO2.C4H8O.CH4O.BHNS.Cl2OS/c1-14(2,3)20-13(19)17(4)8-10-11(15)12(9-6-7-9)16-18(10)5;1-14(2,3)19-13(18)16(4)9-11-8-12(10-6-7-10)15-17(11)5;1-11-8(6-14-15(2,12)13)5-9(10-11)7-3-4-7;1-11-8(9(12)13-2)5-7(10-11)6-3-4-6;1-10-7(8(11)12)4-6(9-10)5-2-3-5;1-10-7(5-11)4-8(9-10)6-2-3-6;1-6(2,3)9-5(8)7-4;1-2-4-5-3-1;1-2;1-2-3;1-4(2)3/h9H,6-8H2,1-5H3;8,10H,6-7,9H2,1-5H3;5,7H,3-4,6H2,1-2H3;5-6H,3-4H2,1-2H3;4-5H,2-3H2,1H3,(H,11,12);4,6,11H,2-3,5H2,1H3;1-4H3,(H,7,8);1-4H2;2H,1H3;3H;. The normalized spacial score (nSPS) is 15.2. The molecule has 6 saturated carbocycles. The SMILES string of the molecule is C1CCOC1.CN(Cc1c(Br)c(C2CC2)nn1C)C(=O)OC(C)(C)C.CN(Cc1cc(C2CC2)nn1C)C(=O)OC(C)(C)C.CNC(=O)OC(C)(C)C.CO.COC(=O)c1cc(C2CC2)nn1C.Cn1nc(C2CC2)cc1C(=O)O.Cn1nc(C2CC2)cc1CO.Cn1nc(C2CC2)cc1COS(C)(=O)=O.O=S(Cl)Cl.[B]=NS. The van der Waals surface area contributed by atoms with Gasteiger partial charge in [0.2, 0.25) is 9.23 Å². The number of esters is 1. The molecule has 1 aliphatic heterocycles. The average Bonchev–Trinajstić information content (AvgIpc) is 1.64. The summed E-state index contributed by atoms with van der Waals surface area (Å²) in [6, 6.07) is 9.50. The van der Waals surface area contributed by atoms with Crippen molar-refractivity contribution in [1.29, 1.82) is 0 Å². The van der Waals surface area contributed by atoms with Crippen LogP contribution in [0.15, 0.2) is 39.1 Å². The second-order valence-electron chi connectivity index (χ2n) is 30.6. The fourth-order valence-electron chi connectivity index (χ4n) is 10.0. The quantitative estimate of drug-likeness (QED) is 0.0150. The molecule has 7 aliphatic rings. The number of halogens is 3. The molecule has 7 heterocycles. The number of aliphatic hydroxyl groups is 2. The zero-order chi connectivity index (χ0) is 85.6. The van der Waals surface area contributed by atoms with Crippen LogP contribution in [0.5, 0.6) is 0 Å². The number of methoxy groups -OCH3 is 1. The van der Waals surface area contributed by atoms with Crippen LogP contribution < -0.4 is 5.32 Å². The number of carbonyl (C=O) groups excluding carboxylic acids is 4. The molecule has 7 fully saturated rings. The second-order valence-corrected chi connectivity index (χ2v) is 35.8. The van der Waals surface area contributed by atoms with E-state index >= 15 is 0 Å². The molecule has 0 aromatic carbocycles. The van der Waals surface area contributed by atoms with Crippen molar-refractivity contribution in [2.24, 2.45) is 46.6 Å². The first-order valence-electron chi connectivity index (χ1n) is 37.0. The molecule has 0 spiro atoms. The third kappa shape index (κ3) is 40.1. The van der Waals surface area contributed by atoms with Crippen molar-refractivity contribution in [3.8, 4) is 0 Å². The summed E-state index contributed by atoms with van der Waals surface area (Å²) in [6.45, 7) is 19.8. The summed E-state index contributed by atoms with van der Waals surface area (Å²) in [4.78, 5) is 59.4. The molecule has 113 heavy (non-hydrogen) atoms. The van der Waals surface area contributed by atoms with E-state index < -0.39 is 36.5 Å². The fourth-order valence-corrected chi connectivity index (χ4v) is 11.1.